The Kier molecular flexibility index (Phi) is 5.77. The summed E-state index contributed by atoms with van der Waals surface area (Å²) in [4.78, 5) is 15.0. The van der Waals surface area contributed by atoms with Crippen LogP contribution in [0.25, 0.3) is 6.08 Å². The highest BCUT2D eigenvalue weighted by atomic mass is 35.5. The smallest absolute Gasteiger partial charge is 0.330 e. The second-order valence-electron chi connectivity index (χ2n) is 3.26. The topological polar surface area (TPSA) is 57.7 Å². The summed E-state index contributed by atoms with van der Waals surface area (Å²) >= 11 is 6.01. The van der Waals surface area contributed by atoms with E-state index >= 15 is 0 Å². The van der Waals surface area contributed by atoms with E-state index in [1.807, 2.05) is 0 Å². The molecule has 0 amide bonds. The third kappa shape index (κ3) is 3.53. The van der Waals surface area contributed by atoms with Crippen molar-refractivity contribution in [2.45, 2.75) is 6.29 Å². The van der Waals surface area contributed by atoms with Gasteiger partial charge in [0.05, 0.1) is 12.7 Å². The van der Waals surface area contributed by atoms with Crippen LogP contribution in [0, 0.1) is 0 Å². The van der Waals surface area contributed by atoms with Crippen molar-refractivity contribution in [3.8, 4) is 0 Å². The molecule has 0 bridgehead atoms. The molecule has 0 saturated heterocycles. The van der Waals surface area contributed by atoms with Crippen molar-refractivity contribution >= 4 is 23.6 Å². The summed E-state index contributed by atoms with van der Waals surface area (Å²) in [5, 5.41) is 0.260. The minimum Gasteiger partial charge on any atom is -0.466 e. The van der Waals surface area contributed by atoms with Crippen molar-refractivity contribution < 1.29 is 19.0 Å². The van der Waals surface area contributed by atoms with Crippen LogP contribution in [0.3, 0.4) is 0 Å². The molecule has 0 atom stereocenters. The molecule has 0 spiro atoms. The lowest BCUT2D eigenvalue weighted by Gasteiger charge is -2.16. The predicted octanol–water partition coefficient (Wildman–Crippen LogP) is 2.21. The van der Waals surface area contributed by atoms with Crippen LogP contribution in [0.4, 0.5) is 0 Å². The fourth-order valence-corrected chi connectivity index (χ4v) is 1.65. The van der Waals surface area contributed by atoms with Gasteiger partial charge in [-0.25, -0.2) is 9.78 Å². The van der Waals surface area contributed by atoms with E-state index in [4.69, 9.17) is 21.1 Å². The number of halogens is 1. The zero-order valence-electron chi connectivity index (χ0n) is 10.3. The molecular formula is C12H14ClNO4. The predicted molar refractivity (Wildman–Crippen MR) is 67.1 cm³/mol. The molecule has 0 aliphatic heterocycles. The van der Waals surface area contributed by atoms with Gasteiger partial charge in [-0.05, 0) is 17.7 Å². The first-order chi connectivity index (χ1) is 8.63. The average molecular weight is 272 g/mol. The number of methoxy groups -OCH3 is 3. The minimum absolute atomic E-state index is 0.260. The maximum atomic E-state index is 11.1. The highest BCUT2D eigenvalue weighted by Gasteiger charge is 2.17. The SMILES string of the molecule is COC(=O)/C=C/c1ccnc(Cl)c1C(OC)OC. The van der Waals surface area contributed by atoms with Crippen LogP contribution in [0.1, 0.15) is 17.4 Å². The molecule has 0 aliphatic carbocycles. The van der Waals surface area contributed by atoms with E-state index in [1.54, 1.807) is 12.1 Å². The Bertz CT molecular complexity index is 444. The van der Waals surface area contributed by atoms with Crippen LogP contribution in [-0.4, -0.2) is 32.3 Å². The van der Waals surface area contributed by atoms with Gasteiger partial charge in [-0.15, -0.1) is 0 Å². The number of aromatic nitrogens is 1. The molecule has 0 radical (unpaired) electrons. The molecule has 0 aliphatic rings. The maximum absolute atomic E-state index is 11.1. The van der Waals surface area contributed by atoms with E-state index in [2.05, 4.69) is 9.72 Å². The van der Waals surface area contributed by atoms with E-state index in [9.17, 15) is 4.79 Å². The maximum Gasteiger partial charge on any atom is 0.330 e. The van der Waals surface area contributed by atoms with Crippen LogP contribution >= 0.6 is 11.6 Å². The third-order valence-corrected chi connectivity index (χ3v) is 2.54. The number of ether oxygens (including phenoxy) is 3. The zero-order valence-corrected chi connectivity index (χ0v) is 11.1. The van der Waals surface area contributed by atoms with Gasteiger partial charge >= 0.3 is 5.97 Å². The molecule has 0 saturated carbocycles. The molecule has 0 N–H and O–H groups in total. The summed E-state index contributed by atoms with van der Waals surface area (Å²) in [6, 6.07) is 1.70. The molecule has 1 aromatic heterocycles. The molecule has 0 fully saturated rings. The van der Waals surface area contributed by atoms with E-state index in [0.29, 0.717) is 11.1 Å². The molecular weight excluding hydrogens is 258 g/mol. The summed E-state index contributed by atoms with van der Waals surface area (Å²) in [6.07, 6.45) is 3.74. The van der Waals surface area contributed by atoms with Crippen LogP contribution in [-0.2, 0) is 19.0 Å². The second kappa shape index (κ2) is 7.10. The van der Waals surface area contributed by atoms with Gasteiger partial charge in [0.25, 0.3) is 0 Å². The summed E-state index contributed by atoms with van der Waals surface area (Å²) in [6.45, 7) is 0. The molecule has 1 heterocycles. The van der Waals surface area contributed by atoms with Gasteiger partial charge < -0.3 is 14.2 Å². The quantitative estimate of drug-likeness (QED) is 0.356. The Morgan fingerprint density at radius 1 is 1.39 bits per heavy atom. The first kappa shape index (κ1) is 14.6. The minimum atomic E-state index is -0.650. The monoisotopic (exact) mass is 271 g/mol. The van der Waals surface area contributed by atoms with Gasteiger partial charge in [0, 0.05) is 26.5 Å². The highest BCUT2D eigenvalue weighted by Crippen LogP contribution is 2.28. The van der Waals surface area contributed by atoms with E-state index in [-0.39, 0.29) is 5.15 Å². The molecule has 0 unspecified atom stereocenters. The fraction of sp³-hybridized carbons (Fsp3) is 0.333. The number of rotatable bonds is 5. The molecule has 18 heavy (non-hydrogen) atoms. The van der Waals surface area contributed by atoms with Crippen molar-refractivity contribution in [3.05, 3.63) is 34.6 Å². The van der Waals surface area contributed by atoms with E-state index < -0.39 is 12.3 Å². The first-order valence-corrected chi connectivity index (χ1v) is 5.47. The van der Waals surface area contributed by atoms with Gasteiger partial charge in [0.1, 0.15) is 5.15 Å². The Morgan fingerprint density at radius 3 is 2.61 bits per heavy atom. The summed E-state index contributed by atoms with van der Waals surface area (Å²) in [5.74, 6) is -0.458. The number of pyridine rings is 1. The standard InChI is InChI=1S/C12H14ClNO4/c1-16-9(15)5-4-8-6-7-14-11(13)10(8)12(17-2)18-3/h4-7,12H,1-3H3/b5-4+. The van der Waals surface area contributed by atoms with Gasteiger partial charge in [0.2, 0.25) is 0 Å². The Labute approximate surface area is 110 Å². The molecule has 98 valence electrons. The van der Waals surface area contributed by atoms with Crippen molar-refractivity contribution in [1.29, 1.82) is 0 Å². The summed E-state index contributed by atoms with van der Waals surface area (Å²) in [7, 11) is 4.29. The van der Waals surface area contributed by atoms with E-state index in [1.165, 1.54) is 33.6 Å². The number of hydrogen-bond acceptors (Lipinski definition) is 5. The molecule has 1 rings (SSSR count). The van der Waals surface area contributed by atoms with Gasteiger partial charge in [-0.3, -0.25) is 0 Å². The number of carbonyl (C=O) groups excluding carboxylic acids is 1. The number of esters is 1. The summed E-state index contributed by atoms with van der Waals surface area (Å²) in [5.41, 5.74) is 1.23. The number of hydrogen-bond donors (Lipinski definition) is 0. The Hall–Kier alpha value is -1.43. The largest absolute Gasteiger partial charge is 0.466 e. The molecule has 5 nitrogen and oxygen atoms in total. The van der Waals surface area contributed by atoms with Crippen molar-refractivity contribution in [3.63, 3.8) is 0 Å². The van der Waals surface area contributed by atoms with E-state index in [0.717, 1.165) is 0 Å². The number of carbonyl (C=O) groups is 1. The normalized spacial score (nSPS) is 11.2. The first-order valence-electron chi connectivity index (χ1n) is 5.10. The van der Waals surface area contributed by atoms with Crippen LogP contribution in [0.2, 0.25) is 5.15 Å². The number of nitrogens with zero attached hydrogens (tertiary/aromatic N) is 1. The average Bonchev–Trinajstić information content (AvgIpc) is 2.39. The lowest BCUT2D eigenvalue weighted by Crippen LogP contribution is -2.07. The van der Waals surface area contributed by atoms with Crippen LogP contribution in [0.15, 0.2) is 18.3 Å². The summed E-state index contributed by atoms with van der Waals surface area (Å²) < 4.78 is 14.8. The molecule has 0 aromatic carbocycles. The van der Waals surface area contributed by atoms with Gasteiger partial charge in [-0.2, -0.15) is 0 Å². The van der Waals surface area contributed by atoms with Crippen molar-refractivity contribution in [1.82, 2.24) is 4.98 Å². The van der Waals surface area contributed by atoms with Crippen LogP contribution in [0.5, 0.6) is 0 Å². The molecule has 6 heteroatoms. The van der Waals surface area contributed by atoms with Crippen molar-refractivity contribution in [2.75, 3.05) is 21.3 Å². The molecule has 1 aromatic rings. The lowest BCUT2D eigenvalue weighted by atomic mass is 10.1. The van der Waals surface area contributed by atoms with Gasteiger partial charge in [-0.1, -0.05) is 11.6 Å². The van der Waals surface area contributed by atoms with Gasteiger partial charge in [0.15, 0.2) is 6.29 Å². The van der Waals surface area contributed by atoms with Crippen molar-refractivity contribution in [2.24, 2.45) is 0 Å². The third-order valence-electron chi connectivity index (χ3n) is 2.24. The zero-order chi connectivity index (χ0) is 13.5. The fourth-order valence-electron chi connectivity index (χ4n) is 1.40. The second-order valence-corrected chi connectivity index (χ2v) is 3.62. The Morgan fingerprint density at radius 2 is 2.06 bits per heavy atom. The Balaban J connectivity index is 3.15. The lowest BCUT2D eigenvalue weighted by molar-refractivity contribution is -0.134. The highest BCUT2D eigenvalue weighted by molar-refractivity contribution is 6.30. The van der Waals surface area contributed by atoms with Crippen LogP contribution < -0.4 is 0 Å².